The molecular weight excluding hydrogens is 320 g/mol. The molecule has 134 valence electrons. The van der Waals surface area contributed by atoms with Crippen molar-refractivity contribution in [1.82, 2.24) is 15.0 Å². The number of hydrogen-bond donors (Lipinski definition) is 1. The molecule has 1 fully saturated rings. The maximum atomic E-state index is 12.3. The minimum atomic E-state index is 0.0902. The molecule has 2 aromatic rings. The van der Waals surface area contributed by atoms with E-state index in [2.05, 4.69) is 10.1 Å². The van der Waals surface area contributed by atoms with E-state index in [9.17, 15) is 4.79 Å². The number of piperidine rings is 1. The molecule has 1 aromatic carbocycles. The summed E-state index contributed by atoms with van der Waals surface area (Å²) in [5.41, 5.74) is 6.78. The summed E-state index contributed by atoms with van der Waals surface area (Å²) in [4.78, 5) is 18.5. The molecule has 1 atom stereocenters. The first-order valence-electron chi connectivity index (χ1n) is 8.75. The highest BCUT2D eigenvalue weighted by molar-refractivity contribution is 5.76. The van der Waals surface area contributed by atoms with Crippen LogP contribution in [0.2, 0.25) is 0 Å². The van der Waals surface area contributed by atoms with E-state index < -0.39 is 0 Å². The summed E-state index contributed by atoms with van der Waals surface area (Å²) in [5.74, 6) is 1.89. The molecule has 1 aliphatic heterocycles. The third-order valence-electron chi connectivity index (χ3n) is 4.25. The summed E-state index contributed by atoms with van der Waals surface area (Å²) < 4.78 is 10.7. The number of amides is 1. The average molecular weight is 344 g/mol. The van der Waals surface area contributed by atoms with Crippen LogP contribution in [0.3, 0.4) is 0 Å². The molecule has 25 heavy (non-hydrogen) atoms. The highest BCUT2D eigenvalue weighted by Gasteiger charge is 2.21. The number of rotatable bonds is 6. The fourth-order valence-electron chi connectivity index (χ4n) is 2.95. The van der Waals surface area contributed by atoms with Gasteiger partial charge in [0.25, 0.3) is 0 Å². The molecule has 0 bridgehead atoms. The molecule has 2 N–H and O–H groups in total. The van der Waals surface area contributed by atoms with Crippen LogP contribution in [0.4, 0.5) is 0 Å². The highest BCUT2D eigenvalue weighted by atomic mass is 16.5. The predicted octanol–water partition coefficient (Wildman–Crippen LogP) is 2.02. The first-order valence-corrected chi connectivity index (χ1v) is 8.75. The van der Waals surface area contributed by atoms with Gasteiger partial charge in [-0.25, -0.2) is 0 Å². The Hall–Kier alpha value is -2.41. The topological polar surface area (TPSA) is 94.5 Å². The molecule has 0 radical (unpaired) electrons. The van der Waals surface area contributed by atoms with Crippen LogP contribution in [0, 0.1) is 0 Å². The lowest BCUT2D eigenvalue weighted by atomic mass is 10.1. The van der Waals surface area contributed by atoms with Crippen LogP contribution in [0.1, 0.15) is 32.1 Å². The van der Waals surface area contributed by atoms with Crippen molar-refractivity contribution in [2.45, 2.75) is 38.6 Å². The molecule has 1 aliphatic rings. The normalized spacial score (nSPS) is 17.5. The van der Waals surface area contributed by atoms with Gasteiger partial charge in [-0.2, -0.15) is 4.98 Å². The Morgan fingerprint density at radius 3 is 2.92 bits per heavy atom. The van der Waals surface area contributed by atoms with Gasteiger partial charge < -0.3 is 19.9 Å². The summed E-state index contributed by atoms with van der Waals surface area (Å²) >= 11 is 0. The standard InChI is InChI=1S/C18H24N4O3/c1-2-24-15-7-5-13(6-8-15)18-20-16(25-21-18)9-10-17(23)22-11-3-4-14(19)12-22/h5-8,14H,2-4,9-12,19H2,1H3. The number of benzene rings is 1. The predicted molar refractivity (Wildman–Crippen MR) is 93.0 cm³/mol. The number of ether oxygens (including phenoxy) is 1. The molecule has 1 saturated heterocycles. The van der Waals surface area contributed by atoms with Crippen LogP contribution in [-0.2, 0) is 11.2 Å². The second-order valence-electron chi connectivity index (χ2n) is 6.21. The van der Waals surface area contributed by atoms with Gasteiger partial charge in [0.05, 0.1) is 6.61 Å². The molecule has 1 amide bonds. The van der Waals surface area contributed by atoms with Crippen molar-refractivity contribution >= 4 is 5.91 Å². The number of carbonyl (C=O) groups excluding carboxylic acids is 1. The van der Waals surface area contributed by atoms with Crippen LogP contribution in [0.25, 0.3) is 11.4 Å². The van der Waals surface area contributed by atoms with E-state index in [-0.39, 0.29) is 11.9 Å². The van der Waals surface area contributed by atoms with Gasteiger partial charge in [-0.15, -0.1) is 0 Å². The first kappa shape index (κ1) is 17.4. The fraction of sp³-hybridized carbons (Fsp3) is 0.500. The number of nitrogens with two attached hydrogens (primary N) is 1. The second kappa shape index (κ2) is 8.11. The average Bonchev–Trinajstić information content (AvgIpc) is 3.09. The molecule has 1 unspecified atom stereocenters. The van der Waals surface area contributed by atoms with Gasteiger partial charge in [0.15, 0.2) is 0 Å². The lowest BCUT2D eigenvalue weighted by Gasteiger charge is -2.30. The molecule has 0 saturated carbocycles. The zero-order valence-corrected chi connectivity index (χ0v) is 14.5. The molecular formula is C18H24N4O3. The van der Waals surface area contributed by atoms with Crippen LogP contribution >= 0.6 is 0 Å². The van der Waals surface area contributed by atoms with Crippen molar-refractivity contribution in [2.24, 2.45) is 5.73 Å². The third-order valence-corrected chi connectivity index (χ3v) is 4.25. The maximum Gasteiger partial charge on any atom is 0.227 e. The van der Waals surface area contributed by atoms with E-state index in [1.54, 1.807) is 0 Å². The first-order chi connectivity index (χ1) is 12.2. The highest BCUT2D eigenvalue weighted by Crippen LogP contribution is 2.20. The number of nitrogens with zero attached hydrogens (tertiary/aromatic N) is 3. The van der Waals surface area contributed by atoms with Crippen molar-refractivity contribution in [3.05, 3.63) is 30.2 Å². The van der Waals surface area contributed by atoms with Crippen LogP contribution in [0.15, 0.2) is 28.8 Å². The summed E-state index contributed by atoms with van der Waals surface area (Å²) in [6.07, 6.45) is 2.75. The van der Waals surface area contributed by atoms with Gasteiger partial charge in [0, 0.05) is 37.5 Å². The minimum absolute atomic E-state index is 0.0902. The van der Waals surface area contributed by atoms with Crippen LogP contribution in [0.5, 0.6) is 5.75 Å². The molecule has 0 spiro atoms. The number of hydrogen-bond acceptors (Lipinski definition) is 6. The number of carbonyl (C=O) groups is 1. The number of likely N-dealkylation sites (tertiary alicyclic amines) is 1. The van der Waals surface area contributed by atoms with Crippen LogP contribution in [-0.4, -0.2) is 46.7 Å². The Balaban J connectivity index is 1.55. The van der Waals surface area contributed by atoms with E-state index in [1.807, 2.05) is 36.1 Å². The van der Waals surface area contributed by atoms with E-state index in [1.165, 1.54) is 0 Å². The van der Waals surface area contributed by atoms with Crippen molar-refractivity contribution in [1.29, 1.82) is 0 Å². The summed E-state index contributed by atoms with van der Waals surface area (Å²) in [5, 5.41) is 3.99. The Morgan fingerprint density at radius 2 is 2.20 bits per heavy atom. The Morgan fingerprint density at radius 1 is 1.40 bits per heavy atom. The van der Waals surface area contributed by atoms with Crippen molar-refractivity contribution in [3.8, 4) is 17.1 Å². The van der Waals surface area contributed by atoms with E-state index in [0.717, 1.165) is 30.7 Å². The molecule has 7 nitrogen and oxygen atoms in total. The van der Waals surface area contributed by atoms with E-state index in [4.69, 9.17) is 15.0 Å². The lowest BCUT2D eigenvalue weighted by molar-refractivity contribution is -0.132. The number of aromatic nitrogens is 2. The van der Waals surface area contributed by atoms with Crippen molar-refractivity contribution in [2.75, 3.05) is 19.7 Å². The molecule has 0 aliphatic carbocycles. The van der Waals surface area contributed by atoms with Gasteiger partial charge >= 0.3 is 0 Å². The van der Waals surface area contributed by atoms with E-state index >= 15 is 0 Å². The Bertz CT molecular complexity index is 699. The lowest BCUT2D eigenvalue weighted by Crippen LogP contribution is -2.45. The quantitative estimate of drug-likeness (QED) is 0.861. The smallest absolute Gasteiger partial charge is 0.227 e. The van der Waals surface area contributed by atoms with Crippen molar-refractivity contribution in [3.63, 3.8) is 0 Å². The molecule has 1 aromatic heterocycles. The third kappa shape index (κ3) is 4.57. The fourth-order valence-corrected chi connectivity index (χ4v) is 2.95. The van der Waals surface area contributed by atoms with Gasteiger partial charge in [0.1, 0.15) is 5.75 Å². The number of aryl methyl sites for hydroxylation is 1. The van der Waals surface area contributed by atoms with Gasteiger partial charge in [-0.1, -0.05) is 5.16 Å². The van der Waals surface area contributed by atoms with E-state index in [0.29, 0.717) is 37.7 Å². The summed E-state index contributed by atoms with van der Waals surface area (Å²) in [7, 11) is 0. The second-order valence-corrected chi connectivity index (χ2v) is 6.21. The van der Waals surface area contributed by atoms with Gasteiger partial charge in [0.2, 0.25) is 17.6 Å². The minimum Gasteiger partial charge on any atom is -0.494 e. The monoisotopic (exact) mass is 344 g/mol. The van der Waals surface area contributed by atoms with Crippen molar-refractivity contribution < 1.29 is 14.1 Å². The summed E-state index contributed by atoms with van der Waals surface area (Å²) in [6.45, 7) is 3.99. The van der Waals surface area contributed by atoms with Gasteiger partial charge in [-0.05, 0) is 44.0 Å². The van der Waals surface area contributed by atoms with Crippen LogP contribution < -0.4 is 10.5 Å². The summed E-state index contributed by atoms with van der Waals surface area (Å²) in [6, 6.07) is 7.61. The maximum absolute atomic E-state index is 12.3. The SMILES string of the molecule is CCOc1ccc(-c2noc(CCC(=O)N3CCCC(N)C3)n2)cc1. The Kier molecular flexibility index (Phi) is 5.65. The zero-order chi connectivity index (χ0) is 17.6. The molecule has 3 rings (SSSR count). The van der Waals surface area contributed by atoms with Gasteiger partial charge in [-0.3, -0.25) is 4.79 Å². The Labute approximate surface area is 147 Å². The molecule has 2 heterocycles. The largest absolute Gasteiger partial charge is 0.494 e. The molecule has 7 heteroatoms. The zero-order valence-electron chi connectivity index (χ0n) is 14.5.